The molecule has 0 heterocycles. The minimum atomic E-state index is -4.58. The van der Waals surface area contributed by atoms with E-state index in [9.17, 15) is 27.9 Å². The van der Waals surface area contributed by atoms with Crippen LogP contribution in [-0.4, -0.2) is 29.1 Å². The first kappa shape index (κ1) is 21.2. The van der Waals surface area contributed by atoms with Crippen molar-refractivity contribution < 1.29 is 27.9 Å². The molecule has 1 aromatic carbocycles. The summed E-state index contributed by atoms with van der Waals surface area (Å²) in [7, 11) is 0. The van der Waals surface area contributed by atoms with Crippen molar-refractivity contribution in [1.82, 2.24) is 10.9 Å². The molecule has 0 aliphatic heterocycles. The molecule has 27 heavy (non-hydrogen) atoms. The summed E-state index contributed by atoms with van der Waals surface area (Å²) in [5.74, 6) is -1.47. The van der Waals surface area contributed by atoms with Crippen molar-refractivity contribution in [1.29, 1.82) is 0 Å². The monoisotopic (exact) mass is 387 g/mol. The first-order valence-electron chi connectivity index (χ1n) is 8.89. The number of carbonyl (C=O) groups is 2. The molecule has 5 N–H and O–H groups in total. The molecule has 6 nitrogen and oxygen atoms in total. The van der Waals surface area contributed by atoms with Gasteiger partial charge in [-0.2, -0.15) is 13.2 Å². The van der Waals surface area contributed by atoms with Gasteiger partial charge in [-0.25, -0.2) is 0 Å². The molecular weight excluding hydrogens is 363 g/mol. The molecule has 1 saturated carbocycles. The Morgan fingerprint density at radius 3 is 2.48 bits per heavy atom. The number of alkyl halides is 3. The zero-order chi connectivity index (χ0) is 20.0. The standard InChI is InChI=1S/C18H24F3N3O3/c19-18(20,21)13-8-4-7-12(10-13)16(26)23-24-17(27)15(25)14(22)9-11-5-2-1-3-6-11/h4,7-8,10-11,14-15,25H,1-3,5-6,9,22H2,(H,23,26)(H,24,27)/t14-,15?/m1/s1. The SMILES string of the molecule is N[C@H](CC1CCCCC1)C(O)C(=O)NNC(=O)c1cccc(C(F)(F)F)c1. The molecule has 0 saturated heterocycles. The Morgan fingerprint density at radius 1 is 1.19 bits per heavy atom. The number of aliphatic hydroxyl groups excluding tert-OH is 1. The summed E-state index contributed by atoms with van der Waals surface area (Å²) in [5.41, 5.74) is 8.64. The third-order valence-corrected chi connectivity index (χ3v) is 4.76. The largest absolute Gasteiger partial charge is 0.416 e. The van der Waals surface area contributed by atoms with Gasteiger partial charge in [0.25, 0.3) is 11.8 Å². The van der Waals surface area contributed by atoms with E-state index in [2.05, 4.69) is 0 Å². The van der Waals surface area contributed by atoms with Crippen LogP contribution in [0.1, 0.15) is 54.4 Å². The molecule has 1 fully saturated rings. The molecule has 1 aromatic rings. The Balaban J connectivity index is 1.85. The number of halogens is 3. The van der Waals surface area contributed by atoms with Gasteiger partial charge in [-0.05, 0) is 30.5 Å². The van der Waals surface area contributed by atoms with E-state index in [4.69, 9.17) is 5.73 Å². The van der Waals surface area contributed by atoms with Crippen LogP contribution in [0.5, 0.6) is 0 Å². The Morgan fingerprint density at radius 2 is 1.85 bits per heavy atom. The fourth-order valence-corrected chi connectivity index (χ4v) is 3.23. The molecule has 2 atom stereocenters. The number of carbonyl (C=O) groups excluding carboxylic acids is 2. The van der Waals surface area contributed by atoms with Gasteiger partial charge in [-0.3, -0.25) is 20.4 Å². The molecule has 0 bridgehead atoms. The summed E-state index contributed by atoms with van der Waals surface area (Å²) in [6, 6.07) is 3.01. The van der Waals surface area contributed by atoms with Gasteiger partial charge in [0.05, 0.1) is 5.56 Å². The van der Waals surface area contributed by atoms with Gasteiger partial charge in [0.2, 0.25) is 0 Å². The predicted octanol–water partition coefficient (Wildman–Crippen LogP) is 2.12. The number of hydrogen-bond donors (Lipinski definition) is 4. The lowest BCUT2D eigenvalue weighted by Gasteiger charge is -2.26. The maximum absolute atomic E-state index is 12.7. The maximum Gasteiger partial charge on any atom is 0.416 e. The zero-order valence-corrected chi connectivity index (χ0v) is 14.8. The molecule has 0 spiro atoms. The average molecular weight is 387 g/mol. The number of aliphatic hydroxyl groups is 1. The summed E-state index contributed by atoms with van der Waals surface area (Å²) in [4.78, 5) is 23.9. The van der Waals surface area contributed by atoms with E-state index in [1.54, 1.807) is 0 Å². The van der Waals surface area contributed by atoms with E-state index in [1.807, 2.05) is 10.9 Å². The fourth-order valence-electron chi connectivity index (χ4n) is 3.23. The van der Waals surface area contributed by atoms with E-state index < -0.39 is 35.7 Å². The number of hydrazine groups is 1. The lowest BCUT2D eigenvalue weighted by atomic mass is 9.84. The summed E-state index contributed by atoms with van der Waals surface area (Å²) >= 11 is 0. The smallest absolute Gasteiger partial charge is 0.382 e. The number of rotatable bonds is 5. The quantitative estimate of drug-likeness (QED) is 0.581. The molecule has 1 aliphatic rings. The Bertz CT molecular complexity index is 661. The molecule has 9 heteroatoms. The number of nitrogens with one attached hydrogen (secondary N) is 2. The van der Waals surface area contributed by atoms with Crippen LogP contribution in [-0.2, 0) is 11.0 Å². The van der Waals surface area contributed by atoms with Crippen LogP contribution >= 0.6 is 0 Å². The van der Waals surface area contributed by atoms with Gasteiger partial charge in [0.1, 0.15) is 6.10 Å². The highest BCUT2D eigenvalue weighted by Crippen LogP contribution is 2.29. The van der Waals surface area contributed by atoms with Crippen LogP contribution in [0.2, 0.25) is 0 Å². The highest BCUT2D eigenvalue weighted by Gasteiger charge is 2.31. The van der Waals surface area contributed by atoms with Crippen molar-refractivity contribution in [2.45, 2.75) is 56.8 Å². The first-order valence-corrected chi connectivity index (χ1v) is 8.89. The van der Waals surface area contributed by atoms with Crippen molar-refractivity contribution in [3.05, 3.63) is 35.4 Å². The van der Waals surface area contributed by atoms with Gasteiger partial charge in [0, 0.05) is 11.6 Å². The second kappa shape index (κ2) is 9.18. The number of amides is 2. The van der Waals surface area contributed by atoms with Crippen LogP contribution in [0.15, 0.2) is 24.3 Å². The Hall–Kier alpha value is -2.13. The number of nitrogens with two attached hydrogens (primary N) is 1. The summed E-state index contributed by atoms with van der Waals surface area (Å²) in [6.07, 6.45) is -0.204. The lowest BCUT2D eigenvalue weighted by molar-refractivity contribution is -0.137. The summed E-state index contributed by atoms with van der Waals surface area (Å²) in [5, 5.41) is 10.0. The molecule has 0 radical (unpaired) electrons. The molecule has 1 unspecified atom stereocenters. The van der Waals surface area contributed by atoms with Crippen LogP contribution in [0.4, 0.5) is 13.2 Å². The van der Waals surface area contributed by atoms with Crippen molar-refractivity contribution in [3.63, 3.8) is 0 Å². The molecule has 150 valence electrons. The number of hydrogen-bond acceptors (Lipinski definition) is 4. The molecule has 0 aromatic heterocycles. The second-order valence-electron chi connectivity index (χ2n) is 6.87. The molecular formula is C18H24F3N3O3. The number of benzene rings is 1. The van der Waals surface area contributed by atoms with Gasteiger partial charge < -0.3 is 10.8 Å². The van der Waals surface area contributed by atoms with E-state index in [0.29, 0.717) is 18.4 Å². The highest BCUT2D eigenvalue weighted by atomic mass is 19.4. The van der Waals surface area contributed by atoms with E-state index in [-0.39, 0.29) is 5.56 Å². The lowest BCUT2D eigenvalue weighted by Crippen LogP contribution is -2.52. The fraction of sp³-hybridized carbons (Fsp3) is 0.556. The molecule has 1 aliphatic carbocycles. The van der Waals surface area contributed by atoms with Gasteiger partial charge in [0.15, 0.2) is 0 Å². The molecule has 2 amide bonds. The van der Waals surface area contributed by atoms with Gasteiger partial charge in [-0.15, -0.1) is 0 Å². The maximum atomic E-state index is 12.7. The average Bonchev–Trinajstić information content (AvgIpc) is 2.65. The van der Waals surface area contributed by atoms with Crippen molar-refractivity contribution in [2.24, 2.45) is 11.7 Å². The third kappa shape index (κ3) is 6.21. The predicted molar refractivity (Wildman–Crippen MR) is 92.2 cm³/mol. The Labute approximate surface area is 155 Å². The van der Waals surface area contributed by atoms with E-state index >= 15 is 0 Å². The van der Waals surface area contributed by atoms with Crippen molar-refractivity contribution >= 4 is 11.8 Å². The normalized spacial score (nSPS) is 17.8. The van der Waals surface area contributed by atoms with E-state index in [1.165, 1.54) is 12.5 Å². The highest BCUT2D eigenvalue weighted by molar-refractivity contribution is 5.96. The minimum Gasteiger partial charge on any atom is -0.382 e. The minimum absolute atomic E-state index is 0.272. The van der Waals surface area contributed by atoms with Crippen LogP contribution < -0.4 is 16.6 Å². The van der Waals surface area contributed by atoms with Crippen LogP contribution in [0.3, 0.4) is 0 Å². The second-order valence-corrected chi connectivity index (χ2v) is 6.87. The van der Waals surface area contributed by atoms with Crippen LogP contribution in [0, 0.1) is 5.92 Å². The van der Waals surface area contributed by atoms with E-state index in [0.717, 1.165) is 37.8 Å². The first-order chi connectivity index (χ1) is 12.7. The van der Waals surface area contributed by atoms with Gasteiger partial charge in [-0.1, -0.05) is 38.2 Å². The molecule has 2 rings (SSSR count). The van der Waals surface area contributed by atoms with Gasteiger partial charge >= 0.3 is 6.18 Å². The zero-order valence-electron chi connectivity index (χ0n) is 14.8. The van der Waals surface area contributed by atoms with Crippen LogP contribution in [0.25, 0.3) is 0 Å². The summed E-state index contributed by atoms with van der Waals surface area (Å²) in [6.45, 7) is 0. The summed E-state index contributed by atoms with van der Waals surface area (Å²) < 4.78 is 38.1. The topological polar surface area (TPSA) is 104 Å². The third-order valence-electron chi connectivity index (χ3n) is 4.76. The Kier molecular flexibility index (Phi) is 7.20. The van der Waals surface area contributed by atoms with Crippen molar-refractivity contribution in [3.8, 4) is 0 Å². The van der Waals surface area contributed by atoms with Crippen molar-refractivity contribution in [2.75, 3.05) is 0 Å².